The Kier molecular flexibility index (Phi) is 8.52. The molecule has 0 fully saturated rings. The van der Waals surface area contributed by atoms with Crippen LogP contribution in [0.5, 0.6) is 0 Å². The van der Waals surface area contributed by atoms with Crippen molar-refractivity contribution in [1.29, 1.82) is 0 Å². The highest BCUT2D eigenvalue weighted by Gasteiger charge is 2.10. The third kappa shape index (κ3) is 8.16. The summed E-state index contributed by atoms with van der Waals surface area (Å²) in [6.45, 7) is 4.57. The summed E-state index contributed by atoms with van der Waals surface area (Å²) in [6, 6.07) is 7.60. The highest BCUT2D eigenvalue weighted by atomic mass is 32.2. The summed E-state index contributed by atoms with van der Waals surface area (Å²) in [6.07, 6.45) is 1.68. The Morgan fingerprint density at radius 1 is 1.10 bits per heavy atom. The molecule has 0 atom stereocenters. The van der Waals surface area contributed by atoms with Crippen molar-refractivity contribution in [2.45, 2.75) is 32.1 Å². The van der Waals surface area contributed by atoms with Crippen LogP contribution in [-0.2, 0) is 27.1 Å². The zero-order valence-electron chi connectivity index (χ0n) is 12.9. The highest BCUT2D eigenvalue weighted by molar-refractivity contribution is 7.88. The molecule has 0 heterocycles. The monoisotopic (exact) mass is 314 g/mol. The van der Waals surface area contributed by atoms with Gasteiger partial charge in [0.2, 0.25) is 10.0 Å². The summed E-state index contributed by atoms with van der Waals surface area (Å²) >= 11 is 0. The van der Waals surface area contributed by atoms with Gasteiger partial charge in [-0.25, -0.2) is 13.1 Å². The van der Waals surface area contributed by atoms with Gasteiger partial charge >= 0.3 is 0 Å². The van der Waals surface area contributed by atoms with E-state index in [1.165, 1.54) is 0 Å². The second-order valence-electron chi connectivity index (χ2n) is 4.97. The van der Waals surface area contributed by atoms with Crippen molar-refractivity contribution in [2.75, 3.05) is 26.8 Å². The molecule has 0 aliphatic heterocycles. The third-order valence-corrected chi connectivity index (χ3v) is 4.25. The molecule has 0 radical (unpaired) electrons. The van der Waals surface area contributed by atoms with Crippen LogP contribution in [-0.4, -0.2) is 35.2 Å². The second kappa shape index (κ2) is 9.89. The van der Waals surface area contributed by atoms with Crippen molar-refractivity contribution in [3.63, 3.8) is 0 Å². The molecule has 6 heteroatoms. The summed E-state index contributed by atoms with van der Waals surface area (Å²) in [5.74, 6) is 0.0165. The van der Waals surface area contributed by atoms with E-state index in [0.717, 1.165) is 30.7 Å². The number of ether oxygens (including phenoxy) is 1. The first-order valence-corrected chi connectivity index (χ1v) is 9.00. The Morgan fingerprint density at radius 2 is 1.76 bits per heavy atom. The lowest BCUT2D eigenvalue weighted by Crippen LogP contribution is -2.27. The van der Waals surface area contributed by atoms with Crippen LogP contribution in [0.1, 0.15) is 30.9 Å². The lowest BCUT2D eigenvalue weighted by molar-refractivity contribution is 0.133. The van der Waals surface area contributed by atoms with E-state index in [9.17, 15) is 8.42 Å². The van der Waals surface area contributed by atoms with Crippen molar-refractivity contribution in [3.8, 4) is 0 Å². The highest BCUT2D eigenvalue weighted by Crippen LogP contribution is 2.07. The average Bonchev–Trinajstić information content (AvgIpc) is 2.45. The minimum absolute atomic E-state index is 0.0165. The summed E-state index contributed by atoms with van der Waals surface area (Å²) < 4.78 is 31.8. The number of sulfonamides is 1. The normalized spacial score (nSPS) is 11.7. The van der Waals surface area contributed by atoms with E-state index >= 15 is 0 Å². The Bertz CT molecular complexity index is 486. The molecule has 0 aliphatic carbocycles. The van der Waals surface area contributed by atoms with E-state index in [1.54, 1.807) is 0 Å². The second-order valence-corrected chi connectivity index (χ2v) is 6.77. The van der Waals surface area contributed by atoms with Crippen LogP contribution in [0.25, 0.3) is 0 Å². The van der Waals surface area contributed by atoms with Crippen molar-refractivity contribution in [2.24, 2.45) is 0 Å². The van der Waals surface area contributed by atoms with E-state index in [2.05, 4.69) is 10.0 Å². The molecule has 1 rings (SSSR count). The molecule has 2 N–H and O–H groups in total. The molecule has 1 aromatic carbocycles. The maximum Gasteiger partial charge on any atom is 0.215 e. The maximum atomic E-state index is 11.9. The van der Waals surface area contributed by atoms with E-state index in [4.69, 9.17) is 4.74 Å². The molecule has 0 bridgehead atoms. The van der Waals surface area contributed by atoms with E-state index in [0.29, 0.717) is 19.6 Å². The molecule has 0 amide bonds. The average molecular weight is 314 g/mol. The SMILES string of the molecule is CCCOCCCNS(=O)(=O)Cc1ccc(CNC)cc1. The molecule has 1 aromatic rings. The number of rotatable bonds is 11. The van der Waals surface area contributed by atoms with Crippen LogP contribution in [0.3, 0.4) is 0 Å². The number of nitrogens with one attached hydrogen (secondary N) is 2. The Balaban J connectivity index is 2.34. The zero-order valence-corrected chi connectivity index (χ0v) is 13.7. The molecule has 120 valence electrons. The molecular weight excluding hydrogens is 288 g/mol. The van der Waals surface area contributed by atoms with E-state index < -0.39 is 10.0 Å². The third-order valence-electron chi connectivity index (χ3n) is 2.90. The first kappa shape index (κ1) is 18.1. The van der Waals surface area contributed by atoms with Crippen LogP contribution in [0.15, 0.2) is 24.3 Å². The fourth-order valence-corrected chi connectivity index (χ4v) is 3.06. The van der Waals surface area contributed by atoms with Gasteiger partial charge < -0.3 is 10.1 Å². The fraction of sp³-hybridized carbons (Fsp3) is 0.600. The molecular formula is C15H26N2O3S. The molecule has 0 aromatic heterocycles. The van der Waals surface area contributed by atoms with E-state index in [1.807, 2.05) is 38.2 Å². The minimum atomic E-state index is -3.27. The quantitative estimate of drug-likeness (QED) is 0.609. The van der Waals surface area contributed by atoms with Crippen molar-refractivity contribution < 1.29 is 13.2 Å². The summed E-state index contributed by atoms with van der Waals surface area (Å²) in [5, 5.41) is 3.06. The van der Waals surface area contributed by atoms with Gasteiger partial charge in [-0.05, 0) is 31.0 Å². The van der Waals surface area contributed by atoms with Gasteiger partial charge in [0, 0.05) is 26.3 Å². The lowest BCUT2D eigenvalue weighted by atomic mass is 10.1. The smallest absolute Gasteiger partial charge is 0.215 e. The van der Waals surface area contributed by atoms with Crippen molar-refractivity contribution >= 4 is 10.0 Å². The maximum absolute atomic E-state index is 11.9. The predicted molar refractivity (Wildman–Crippen MR) is 85.6 cm³/mol. The topological polar surface area (TPSA) is 67.4 Å². The van der Waals surface area contributed by atoms with Gasteiger partial charge in [0.1, 0.15) is 0 Å². The van der Waals surface area contributed by atoms with Gasteiger partial charge in [-0.1, -0.05) is 31.2 Å². The number of hydrogen-bond acceptors (Lipinski definition) is 4. The molecule has 0 unspecified atom stereocenters. The van der Waals surface area contributed by atoms with Crippen LogP contribution >= 0.6 is 0 Å². The van der Waals surface area contributed by atoms with Gasteiger partial charge in [0.25, 0.3) is 0 Å². The Labute approximate surface area is 128 Å². The molecule has 21 heavy (non-hydrogen) atoms. The van der Waals surface area contributed by atoms with Gasteiger partial charge in [0.05, 0.1) is 5.75 Å². The largest absolute Gasteiger partial charge is 0.381 e. The van der Waals surface area contributed by atoms with Gasteiger partial charge in [-0.3, -0.25) is 0 Å². The minimum Gasteiger partial charge on any atom is -0.381 e. The zero-order chi connectivity index (χ0) is 15.6. The lowest BCUT2D eigenvalue weighted by Gasteiger charge is -2.08. The van der Waals surface area contributed by atoms with Crippen molar-refractivity contribution in [3.05, 3.63) is 35.4 Å². The summed E-state index contributed by atoms with van der Waals surface area (Å²) in [4.78, 5) is 0. The molecule has 5 nitrogen and oxygen atoms in total. The number of hydrogen-bond donors (Lipinski definition) is 2. The van der Waals surface area contributed by atoms with Crippen LogP contribution < -0.4 is 10.0 Å². The molecule has 0 spiro atoms. The van der Waals surface area contributed by atoms with Crippen LogP contribution in [0, 0.1) is 0 Å². The standard InChI is InChI=1S/C15H26N2O3S/c1-3-10-20-11-4-9-17-21(18,19)13-15-7-5-14(6-8-15)12-16-2/h5-8,16-17H,3-4,9-13H2,1-2H3. The van der Waals surface area contributed by atoms with Crippen molar-refractivity contribution in [1.82, 2.24) is 10.0 Å². The van der Waals surface area contributed by atoms with Gasteiger partial charge in [-0.2, -0.15) is 0 Å². The summed E-state index contributed by atoms with van der Waals surface area (Å²) in [5.41, 5.74) is 1.93. The van der Waals surface area contributed by atoms with Crippen LogP contribution in [0.4, 0.5) is 0 Å². The molecule has 0 aliphatic rings. The predicted octanol–water partition coefficient (Wildman–Crippen LogP) is 1.64. The fourth-order valence-electron chi connectivity index (χ4n) is 1.88. The molecule has 0 saturated heterocycles. The van der Waals surface area contributed by atoms with Crippen LogP contribution in [0.2, 0.25) is 0 Å². The first-order valence-electron chi connectivity index (χ1n) is 7.35. The Hall–Kier alpha value is -0.950. The van der Waals surface area contributed by atoms with E-state index in [-0.39, 0.29) is 5.75 Å². The summed E-state index contributed by atoms with van der Waals surface area (Å²) in [7, 11) is -1.39. The molecule has 0 saturated carbocycles. The number of benzene rings is 1. The Morgan fingerprint density at radius 3 is 2.38 bits per heavy atom. The first-order chi connectivity index (χ1) is 10.1. The van der Waals surface area contributed by atoms with Gasteiger partial charge in [-0.15, -0.1) is 0 Å². The van der Waals surface area contributed by atoms with Gasteiger partial charge in [0.15, 0.2) is 0 Å².